The molecule has 0 fully saturated rings. The van der Waals surface area contributed by atoms with E-state index in [4.69, 9.17) is 37.2 Å². The van der Waals surface area contributed by atoms with Gasteiger partial charge in [0.1, 0.15) is 23.8 Å². The van der Waals surface area contributed by atoms with Crippen molar-refractivity contribution in [1.29, 1.82) is 0 Å². The van der Waals surface area contributed by atoms with Gasteiger partial charge in [-0.05, 0) is 54.6 Å². The molecular formula is C29H24Cl2N2O5S. The van der Waals surface area contributed by atoms with E-state index in [1.54, 1.807) is 52.6 Å². The maximum atomic E-state index is 13.3. The molecule has 1 unspecified atom stereocenters. The summed E-state index contributed by atoms with van der Waals surface area (Å²) in [4.78, 5) is 12.4. The number of hydrogen-bond donors (Lipinski definition) is 0. The van der Waals surface area contributed by atoms with Crippen LogP contribution in [0.15, 0.2) is 82.3 Å². The number of nitrogens with zero attached hydrogens (tertiary/aromatic N) is 2. The molecule has 39 heavy (non-hydrogen) atoms. The van der Waals surface area contributed by atoms with Crippen molar-refractivity contribution in [3.05, 3.63) is 99.9 Å². The zero-order chi connectivity index (χ0) is 27.7. The Morgan fingerprint density at radius 3 is 2.51 bits per heavy atom. The first-order chi connectivity index (χ1) is 18.8. The molecule has 0 radical (unpaired) electrons. The fraction of sp³-hybridized carbons (Fsp3) is 0.172. The first kappa shape index (κ1) is 27.0. The van der Waals surface area contributed by atoms with Gasteiger partial charge >= 0.3 is 5.97 Å². The third kappa shape index (κ3) is 5.32. The van der Waals surface area contributed by atoms with E-state index in [1.807, 2.05) is 38.1 Å². The maximum Gasteiger partial charge on any atom is 0.337 e. The summed E-state index contributed by atoms with van der Waals surface area (Å²) >= 11 is 12.9. The predicted octanol–water partition coefficient (Wildman–Crippen LogP) is 7.66. The van der Waals surface area contributed by atoms with Crippen molar-refractivity contribution in [3.63, 3.8) is 0 Å². The van der Waals surface area contributed by atoms with Crippen molar-refractivity contribution in [2.75, 3.05) is 7.11 Å². The van der Waals surface area contributed by atoms with Crippen molar-refractivity contribution in [3.8, 4) is 17.0 Å². The summed E-state index contributed by atoms with van der Waals surface area (Å²) in [5.74, 6) is 0.889. The van der Waals surface area contributed by atoms with E-state index in [-0.39, 0.29) is 12.5 Å². The van der Waals surface area contributed by atoms with Crippen LogP contribution < -0.4 is 4.74 Å². The van der Waals surface area contributed by atoms with Crippen LogP contribution in [0, 0.1) is 0 Å². The Kier molecular flexibility index (Phi) is 7.79. The molecule has 3 aromatic carbocycles. The second-order valence-electron chi connectivity index (χ2n) is 9.04. The molecule has 200 valence electrons. The van der Waals surface area contributed by atoms with Gasteiger partial charge in [0.2, 0.25) is 0 Å². The van der Waals surface area contributed by atoms with Crippen LogP contribution in [-0.4, -0.2) is 26.4 Å². The highest BCUT2D eigenvalue weighted by Gasteiger charge is 2.24. The molecule has 2 heterocycles. The molecule has 0 aliphatic carbocycles. The van der Waals surface area contributed by atoms with Gasteiger partial charge in [-0.3, -0.25) is 3.97 Å². The van der Waals surface area contributed by atoms with E-state index in [0.29, 0.717) is 43.3 Å². The molecule has 0 N–H and O–H groups in total. The molecule has 5 aromatic rings. The molecule has 0 aliphatic heterocycles. The van der Waals surface area contributed by atoms with Crippen molar-refractivity contribution in [2.45, 2.75) is 31.3 Å². The van der Waals surface area contributed by atoms with E-state index in [9.17, 15) is 9.00 Å². The number of carbonyl (C=O) groups excluding carboxylic acids is 1. The molecule has 2 aromatic heterocycles. The Hall–Kier alpha value is -3.59. The molecule has 0 saturated carbocycles. The van der Waals surface area contributed by atoms with Gasteiger partial charge in [0, 0.05) is 23.1 Å². The first-order valence-corrected chi connectivity index (χ1v) is 13.9. The molecular weight excluding hydrogens is 559 g/mol. The molecule has 7 nitrogen and oxygen atoms in total. The lowest BCUT2D eigenvalue weighted by Gasteiger charge is -2.11. The summed E-state index contributed by atoms with van der Waals surface area (Å²) in [6, 6.07) is 19.2. The van der Waals surface area contributed by atoms with Crippen LogP contribution in [0.2, 0.25) is 10.0 Å². The van der Waals surface area contributed by atoms with Crippen molar-refractivity contribution in [2.24, 2.45) is 0 Å². The number of ether oxygens (including phenoxy) is 2. The predicted molar refractivity (Wildman–Crippen MR) is 152 cm³/mol. The largest absolute Gasteiger partial charge is 0.489 e. The number of rotatable bonds is 8. The normalized spacial score (nSPS) is 12.2. The highest BCUT2D eigenvalue weighted by molar-refractivity contribution is 7.83. The smallest absolute Gasteiger partial charge is 0.337 e. The van der Waals surface area contributed by atoms with Gasteiger partial charge in [-0.1, -0.05) is 54.3 Å². The number of esters is 1. The number of hydrogen-bond acceptors (Lipinski definition) is 6. The summed E-state index contributed by atoms with van der Waals surface area (Å²) in [7, 11) is -0.258. The first-order valence-electron chi connectivity index (χ1n) is 12.1. The lowest BCUT2D eigenvalue weighted by molar-refractivity contribution is 0.0600. The summed E-state index contributed by atoms with van der Waals surface area (Å²) in [5.41, 5.74) is 3.00. The fourth-order valence-electron chi connectivity index (χ4n) is 4.28. The lowest BCUT2D eigenvalue weighted by atomic mass is 10.0. The average molecular weight is 583 g/mol. The molecule has 0 amide bonds. The quantitative estimate of drug-likeness (QED) is 0.175. The monoisotopic (exact) mass is 582 g/mol. The van der Waals surface area contributed by atoms with E-state index in [0.717, 1.165) is 16.5 Å². The Balaban J connectivity index is 1.42. The lowest BCUT2D eigenvalue weighted by Crippen LogP contribution is -2.06. The van der Waals surface area contributed by atoms with Crippen molar-refractivity contribution >= 4 is 51.1 Å². The van der Waals surface area contributed by atoms with Crippen molar-refractivity contribution in [1.82, 2.24) is 9.13 Å². The summed E-state index contributed by atoms with van der Waals surface area (Å²) in [6.07, 6.45) is 1.74. The van der Waals surface area contributed by atoms with Gasteiger partial charge < -0.3 is 14.0 Å². The Bertz CT molecular complexity index is 1690. The van der Waals surface area contributed by atoms with Gasteiger partial charge in [0.05, 0.1) is 38.7 Å². The van der Waals surface area contributed by atoms with Crippen LogP contribution in [0.3, 0.4) is 0 Å². The SMILES string of the molecule is COC(=O)c1cccc(S(=O)n2ccc3cc(OCc4c(-c5c(Cl)cccc5Cl)noc4C(C)C)ccc32)c1. The second kappa shape index (κ2) is 11.3. The summed E-state index contributed by atoms with van der Waals surface area (Å²) in [5, 5.41) is 6.06. The Labute approximate surface area is 237 Å². The molecule has 5 rings (SSSR count). The molecule has 10 heteroatoms. The van der Waals surface area contributed by atoms with E-state index >= 15 is 0 Å². The zero-order valence-electron chi connectivity index (χ0n) is 21.3. The highest BCUT2D eigenvalue weighted by atomic mass is 35.5. The number of fused-ring (bicyclic) bond motifs is 1. The fourth-order valence-corrected chi connectivity index (χ4v) is 6.03. The summed E-state index contributed by atoms with van der Waals surface area (Å²) < 4.78 is 31.6. The topological polar surface area (TPSA) is 83.6 Å². The Morgan fingerprint density at radius 2 is 1.79 bits per heavy atom. The van der Waals surface area contributed by atoms with Gasteiger partial charge in [-0.2, -0.15) is 0 Å². The number of halogens is 2. The minimum Gasteiger partial charge on any atom is -0.489 e. The molecule has 0 saturated heterocycles. The van der Waals surface area contributed by atoms with Crippen LogP contribution in [0.1, 0.15) is 41.4 Å². The molecule has 0 spiro atoms. The molecule has 1 atom stereocenters. The van der Waals surface area contributed by atoms with Gasteiger partial charge in [0.15, 0.2) is 11.0 Å². The second-order valence-corrected chi connectivity index (χ2v) is 11.2. The highest BCUT2D eigenvalue weighted by Crippen LogP contribution is 2.39. The molecule has 0 aliphatic rings. The van der Waals surface area contributed by atoms with Gasteiger partial charge in [-0.15, -0.1) is 0 Å². The third-order valence-corrected chi connectivity index (χ3v) is 8.15. The number of carbonyl (C=O) groups is 1. The number of benzene rings is 3. The van der Waals surface area contributed by atoms with Gasteiger partial charge in [-0.25, -0.2) is 9.00 Å². The average Bonchev–Trinajstić information content (AvgIpc) is 3.55. The maximum absolute atomic E-state index is 13.3. The van der Waals surface area contributed by atoms with E-state index < -0.39 is 17.0 Å². The third-order valence-electron chi connectivity index (χ3n) is 6.19. The number of methoxy groups -OCH3 is 1. The van der Waals surface area contributed by atoms with Crippen LogP contribution in [0.4, 0.5) is 0 Å². The van der Waals surface area contributed by atoms with Crippen LogP contribution in [0.25, 0.3) is 22.2 Å². The standard InChI is InChI=1S/C29H24Cl2N2O5S/c1-17(2)28-22(27(32-38-28)26-23(30)8-5-9-24(26)31)16-37-20-10-11-25-18(14-20)12-13-33(25)39(35)21-7-4-6-19(15-21)29(34)36-3/h4-15,17H,16H2,1-3H3. The minimum absolute atomic E-state index is 0.0651. The van der Waals surface area contributed by atoms with Crippen molar-refractivity contribution < 1.29 is 23.0 Å². The summed E-state index contributed by atoms with van der Waals surface area (Å²) in [6.45, 7) is 4.21. The minimum atomic E-state index is -1.57. The van der Waals surface area contributed by atoms with Gasteiger partial charge in [0.25, 0.3) is 0 Å². The van der Waals surface area contributed by atoms with Crippen LogP contribution in [0.5, 0.6) is 5.75 Å². The number of aromatic nitrogens is 2. The van der Waals surface area contributed by atoms with E-state index in [2.05, 4.69) is 5.16 Å². The zero-order valence-corrected chi connectivity index (χ0v) is 23.6. The van der Waals surface area contributed by atoms with Crippen LogP contribution in [-0.2, 0) is 22.3 Å². The van der Waals surface area contributed by atoms with Crippen LogP contribution >= 0.6 is 23.2 Å². The molecule has 0 bridgehead atoms. The van der Waals surface area contributed by atoms with E-state index in [1.165, 1.54) is 7.11 Å². The Morgan fingerprint density at radius 1 is 1.05 bits per heavy atom.